The Bertz CT molecular complexity index is 808. The van der Waals surface area contributed by atoms with Gasteiger partial charge in [-0.1, -0.05) is 12.1 Å². The number of ether oxygens (including phenoxy) is 1. The van der Waals surface area contributed by atoms with Gasteiger partial charge in [0.1, 0.15) is 5.75 Å². The zero-order valence-corrected chi connectivity index (χ0v) is 14.0. The molecule has 0 radical (unpaired) electrons. The van der Waals surface area contributed by atoms with Crippen molar-refractivity contribution < 1.29 is 13.2 Å². The zero-order valence-electron chi connectivity index (χ0n) is 13.1. The summed E-state index contributed by atoms with van der Waals surface area (Å²) in [5, 5.41) is 0. The summed E-state index contributed by atoms with van der Waals surface area (Å²) < 4.78 is 30.6. The molecule has 1 aliphatic rings. The molecule has 1 aromatic heterocycles. The maximum absolute atomic E-state index is 11.9. The van der Waals surface area contributed by atoms with Crippen LogP contribution < -0.4 is 4.74 Å². The van der Waals surface area contributed by atoms with E-state index in [1.54, 1.807) is 19.4 Å². The average molecular weight is 333 g/mol. The largest absolute Gasteiger partial charge is 0.497 e. The molecule has 2 aromatic rings. The Kier molecular flexibility index (Phi) is 4.32. The Hall–Kier alpha value is -1.99. The zero-order chi connectivity index (χ0) is 16.4. The summed E-state index contributed by atoms with van der Waals surface area (Å²) in [7, 11) is -1.63. The monoisotopic (exact) mass is 333 g/mol. The first-order chi connectivity index (χ1) is 11.0. The van der Waals surface area contributed by atoms with E-state index < -0.39 is 10.0 Å². The maximum Gasteiger partial charge on any atom is 0.211 e. The van der Waals surface area contributed by atoms with Gasteiger partial charge >= 0.3 is 0 Å². The lowest BCUT2D eigenvalue weighted by molar-refractivity contribution is 0.394. The van der Waals surface area contributed by atoms with Gasteiger partial charge in [0.05, 0.1) is 25.1 Å². The maximum atomic E-state index is 11.9. The van der Waals surface area contributed by atoms with Gasteiger partial charge in [-0.2, -0.15) is 4.31 Å². The van der Waals surface area contributed by atoms with Crippen molar-refractivity contribution in [3.63, 3.8) is 0 Å². The molecule has 1 saturated heterocycles. The van der Waals surface area contributed by atoms with Crippen molar-refractivity contribution >= 4 is 10.0 Å². The highest BCUT2D eigenvalue weighted by atomic mass is 32.2. The lowest BCUT2D eigenvalue weighted by atomic mass is 10.1. The van der Waals surface area contributed by atoms with E-state index >= 15 is 0 Å². The number of rotatable bonds is 4. The molecular formula is C16H19N3O3S. The van der Waals surface area contributed by atoms with E-state index in [9.17, 15) is 8.42 Å². The molecule has 3 rings (SSSR count). The number of nitrogens with zero attached hydrogens (tertiary/aromatic N) is 3. The fourth-order valence-corrected chi connectivity index (χ4v) is 4.03. The third-order valence-corrected chi connectivity index (χ3v) is 5.27. The van der Waals surface area contributed by atoms with Crippen LogP contribution in [0.15, 0.2) is 36.5 Å². The summed E-state index contributed by atoms with van der Waals surface area (Å²) in [6.45, 7) is 0.544. The van der Waals surface area contributed by atoms with Crippen LogP contribution in [0.2, 0.25) is 0 Å². The van der Waals surface area contributed by atoms with Crippen molar-refractivity contribution in [2.45, 2.75) is 18.9 Å². The lowest BCUT2D eigenvalue weighted by Gasteiger charge is -2.21. The smallest absolute Gasteiger partial charge is 0.211 e. The molecule has 0 spiro atoms. The molecule has 23 heavy (non-hydrogen) atoms. The quantitative estimate of drug-likeness (QED) is 0.858. The van der Waals surface area contributed by atoms with Crippen molar-refractivity contribution in [2.24, 2.45) is 0 Å². The molecule has 1 unspecified atom stereocenters. The van der Waals surface area contributed by atoms with Gasteiger partial charge in [0.25, 0.3) is 0 Å². The second-order valence-corrected chi connectivity index (χ2v) is 7.50. The molecule has 1 atom stereocenters. The Balaban J connectivity index is 1.96. The predicted molar refractivity (Wildman–Crippen MR) is 87.5 cm³/mol. The van der Waals surface area contributed by atoms with Gasteiger partial charge < -0.3 is 4.74 Å². The van der Waals surface area contributed by atoms with Crippen LogP contribution in [0.4, 0.5) is 0 Å². The summed E-state index contributed by atoms with van der Waals surface area (Å²) in [6, 6.07) is 9.08. The first kappa shape index (κ1) is 15.9. The van der Waals surface area contributed by atoms with Gasteiger partial charge in [-0.05, 0) is 31.0 Å². The fourth-order valence-electron chi connectivity index (χ4n) is 2.89. The van der Waals surface area contributed by atoms with E-state index in [1.807, 2.05) is 24.3 Å². The van der Waals surface area contributed by atoms with Gasteiger partial charge in [-0.25, -0.2) is 18.4 Å². The van der Waals surface area contributed by atoms with Gasteiger partial charge in [0, 0.05) is 18.3 Å². The van der Waals surface area contributed by atoms with Crippen molar-refractivity contribution in [1.29, 1.82) is 0 Å². The minimum Gasteiger partial charge on any atom is -0.497 e. The first-order valence-corrected chi connectivity index (χ1v) is 9.28. The summed E-state index contributed by atoms with van der Waals surface area (Å²) in [5.74, 6) is 1.30. The number of hydrogen-bond acceptors (Lipinski definition) is 5. The van der Waals surface area contributed by atoms with Gasteiger partial charge in [0.15, 0.2) is 5.82 Å². The molecule has 6 nitrogen and oxygen atoms in total. The molecule has 122 valence electrons. The van der Waals surface area contributed by atoms with E-state index in [0.29, 0.717) is 12.4 Å². The van der Waals surface area contributed by atoms with Gasteiger partial charge in [-0.15, -0.1) is 0 Å². The number of benzene rings is 1. The van der Waals surface area contributed by atoms with Crippen LogP contribution in [0.3, 0.4) is 0 Å². The lowest BCUT2D eigenvalue weighted by Crippen LogP contribution is -2.30. The van der Waals surface area contributed by atoms with E-state index in [1.165, 1.54) is 10.6 Å². The molecule has 0 saturated carbocycles. The molecule has 1 aliphatic heterocycles. The van der Waals surface area contributed by atoms with E-state index in [2.05, 4.69) is 9.97 Å². The highest BCUT2D eigenvalue weighted by Crippen LogP contribution is 2.33. The molecule has 2 heterocycles. The number of sulfonamides is 1. The van der Waals surface area contributed by atoms with Gasteiger partial charge in [-0.3, -0.25) is 0 Å². The normalized spacial score (nSPS) is 19.0. The summed E-state index contributed by atoms with van der Waals surface area (Å²) in [6.07, 6.45) is 4.54. The molecule has 0 N–H and O–H groups in total. The number of aromatic nitrogens is 2. The Morgan fingerprint density at radius 2 is 2.13 bits per heavy atom. The second kappa shape index (κ2) is 6.25. The second-order valence-electron chi connectivity index (χ2n) is 5.57. The molecule has 1 aromatic carbocycles. The van der Waals surface area contributed by atoms with E-state index in [4.69, 9.17) is 4.74 Å². The van der Waals surface area contributed by atoms with Crippen LogP contribution in [-0.4, -0.2) is 42.6 Å². The summed E-state index contributed by atoms with van der Waals surface area (Å²) >= 11 is 0. The summed E-state index contributed by atoms with van der Waals surface area (Å²) in [4.78, 5) is 8.90. The van der Waals surface area contributed by atoms with Crippen molar-refractivity contribution in [1.82, 2.24) is 14.3 Å². The third kappa shape index (κ3) is 3.35. The Morgan fingerprint density at radius 1 is 1.30 bits per heavy atom. The van der Waals surface area contributed by atoms with Crippen LogP contribution in [0, 0.1) is 0 Å². The molecule has 1 fully saturated rings. The summed E-state index contributed by atoms with van der Waals surface area (Å²) in [5.41, 5.74) is 1.58. The van der Waals surface area contributed by atoms with E-state index in [0.717, 1.165) is 29.8 Å². The number of methoxy groups -OCH3 is 1. The van der Waals surface area contributed by atoms with E-state index in [-0.39, 0.29) is 6.04 Å². The number of hydrogen-bond donors (Lipinski definition) is 0. The molecule has 7 heteroatoms. The van der Waals surface area contributed by atoms with Crippen molar-refractivity contribution in [2.75, 3.05) is 19.9 Å². The van der Waals surface area contributed by atoms with Crippen LogP contribution in [-0.2, 0) is 10.0 Å². The molecule has 0 aliphatic carbocycles. The molecular weight excluding hydrogens is 314 g/mol. The highest BCUT2D eigenvalue weighted by molar-refractivity contribution is 7.88. The van der Waals surface area contributed by atoms with Crippen LogP contribution in [0.1, 0.15) is 24.6 Å². The third-order valence-electron chi connectivity index (χ3n) is 3.98. The minimum absolute atomic E-state index is 0.211. The average Bonchev–Trinajstić information content (AvgIpc) is 3.05. The van der Waals surface area contributed by atoms with Gasteiger partial charge in [0.2, 0.25) is 10.0 Å². The Morgan fingerprint density at radius 3 is 2.87 bits per heavy atom. The minimum atomic E-state index is -3.24. The SMILES string of the molecule is COc1cccc(-c2nccc(C3CCCN3S(C)(=O)=O)n2)c1. The van der Waals surface area contributed by atoms with Crippen LogP contribution >= 0.6 is 0 Å². The molecule has 0 amide bonds. The highest BCUT2D eigenvalue weighted by Gasteiger charge is 2.33. The topological polar surface area (TPSA) is 72.4 Å². The predicted octanol–water partition coefficient (Wildman–Crippen LogP) is 2.25. The van der Waals surface area contributed by atoms with Crippen LogP contribution in [0.5, 0.6) is 5.75 Å². The Labute approximate surface area is 136 Å². The standard InChI is InChI=1S/C16H19N3O3S/c1-22-13-6-3-5-12(11-13)16-17-9-8-14(18-16)15-7-4-10-19(15)23(2,20)21/h3,5-6,8-9,11,15H,4,7,10H2,1-2H3. The fraction of sp³-hybridized carbons (Fsp3) is 0.375. The molecule has 0 bridgehead atoms. The first-order valence-electron chi connectivity index (χ1n) is 7.43. The van der Waals surface area contributed by atoms with Crippen LogP contribution in [0.25, 0.3) is 11.4 Å². The van der Waals surface area contributed by atoms with Crippen molar-refractivity contribution in [3.05, 3.63) is 42.2 Å². The van der Waals surface area contributed by atoms with Crippen molar-refractivity contribution in [3.8, 4) is 17.1 Å².